The predicted octanol–water partition coefficient (Wildman–Crippen LogP) is 2.29. The van der Waals surface area contributed by atoms with Gasteiger partial charge in [0.25, 0.3) is 0 Å². The molecule has 94 valence electrons. The zero-order chi connectivity index (χ0) is 14.0. The molecule has 0 aliphatic carbocycles. The van der Waals surface area contributed by atoms with Gasteiger partial charge in [0.15, 0.2) is 11.4 Å². The number of nitrogens with two attached hydrogens (primary N) is 1. The molecule has 0 amide bonds. The van der Waals surface area contributed by atoms with Gasteiger partial charge in [0, 0.05) is 6.04 Å². The second-order valence-electron chi connectivity index (χ2n) is 4.03. The number of benzene rings is 1. The van der Waals surface area contributed by atoms with Crippen molar-refractivity contribution in [3.63, 3.8) is 0 Å². The van der Waals surface area contributed by atoms with Gasteiger partial charge in [0.05, 0.1) is 10.7 Å². The standard InChI is InChI=1S/C13H10ClN5/c1-8(17)9-2-3-12(10(14)4-9)19-7-18-11(5-15)13(19)6-16/h2-4,7-8H,17H2,1H3/t8-/m1/s1. The van der Waals surface area contributed by atoms with E-state index >= 15 is 0 Å². The third kappa shape index (κ3) is 2.30. The maximum atomic E-state index is 9.09. The molecule has 0 bridgehead atoms. The lowest BCUT2D eigenvalue weighted by molar-refractivity contribution is 0.817. The number of hydrogen-bond acceptors (Lipinski definition) is 4. The van der Waals surface area contributed by atoms with Crippen molar-refractivity contribution in [3.05, 3.63) is 46.5 Å². The molecular weight excluding hydrogens is 262 g/mol. The van der Waals surface area contributed by atoms with Crippen LogP contribution in [0.2, 0.25) is 5.02 Å². The van der Waals surface area contributed by atoms with Gasteiger partial charge in [-0.05, 0) is 24.6 Å². The maximum absolute atomic E-state index is 9.09. The minimum absolute atomic E-state index is 0.0786. The minimum Gasteiger partial charge on any atom is -0.324 e. The van der Waals surface area contributed by atoms with Crippen LogP contribution in [0, 0.1) is 22.7 Å². The second kappa shape index (κ2) is 5.11. The molecule has 2 N–H and O–H groups in total. The van der Waals surface area contributed by atoms with E-state index in [2.05, 4.69) is 4.98 Å². The number of imidazole rings is 1. The van der Waals surface area contributed by atoms with E-state index in [9.17, 15) is 0 Å². The molecule has 0 aliphatic heterocycles. The fourth-order valence-corrected chi connectivity index (χ4v) is 2.00. The molecular formula is C13H10ClN5. The molecule has 1 aromatic heterocycles. The summed E-state index contributed by atoms with van der Waals surface area (Å²) in [6.45, 7) is 1.86. The van der Waals surface area contributed by atoms with Gasteiger partial charge in [0.1, 0.15) is 18.5 Å². The van der Waals surface area contributed by atoms with E-state index in [1.165, 1.54) is 10.9 Å². The molecule has 0 radical (unpaired) electrons. The van der Waals surface area contributed by atoms with Gasteiger partial charge in [-0.15, -0.1) is 0 Å². The van der Waals surface area contributed by atoms with Crippen molar-refractivity contribution >= 4 is 11.6 Å². The average Bonchev–Trinajstić information content (AvgIpc) is 2.80. The summed E-state index contributed by atoms with van der Waals surface area (Å²) in [7, 11) is 0. The summed E-state index contributed by atoms with van der Waals surface area (Å²) in [5, 5.41) is 18.4. The normalized spacial score (nSPS) is 11.6. The molecule has 19 heavy (non-hydrogen) atoms. The highest BCUT2D eigenvalue weighted by molar-refractivity contribution is 6.32. The van der Waals surface area contributed by atoms with Crippen molar-refractivity contribution in [1.82, 2.24) is 9.55 Å². The SMILES string of the molecule is C[C@@H](N)c1ccc(-n2cnc(C#N)c2C#N)c(Cl)c1. The largest absolute Gasteiger partial charge is 0.324 e. The van der Waals surface area contributed by atoms with Gasteiger partial charge in [-0.2, -0.15) is 10.5 Å². The van der Waals surface area contributed by atoms with Crippen LogP contribution in [0.25, 0.3) is 5.69 Å². The van der Waals surface area contributed by atoms with Crippen LogP contribution in [0.5, 0.6) is 0 Å². The first-order valence-corrected chi connectivity index (χ1v) is 5.89. The number of aromatic nitrogens is 2. The van der Waals surface area contributed by atoms with Crippen LogP contribution in [0.15, 0.2) is 24.5 Å². The number of nitrogens with zero attached hydrogens (tertiary/aromatic N) is 4. The van der Waals surface area contributed by atoms with Crippen molar-refractivity contribution in [2.24, 2.45) is 5.73 Å². The summed E-state index contributed by atoms with van der Waals surface area (Å²) in [4.78, 5) is 3.88. The summed E-state index contributed by atoms with van der Waals surface area (Å²) in [6, 6.07) is 9.03. The number of halogens is 1. The number of rotatable bonds is 2. The summed E-state index contributed by atoms with van der Waals surface area (Å²) >= 11 is 6.19. The van der Waals surface area contributed by atoms with Crippen LogP contribution in [0.3, 0.4) is 0 Å². The molecule has 2 rings (SSSR count). The van der Waals surface area contributed by atoms with E-state index in [0.29, 0.717) is 10.7 Å². The second-order valence-corrected chi connectivity index (χ2v) is 4.44. The van der Waals surface area contributed by atoms with Crippen LogP contribution in [-0.2, 0) is 0 Å². The highest BCUT2D eigenvalue weighted by Gasteiger charge is 2.14. The molecule has 2 aromatic rings. The molecule has 0 fully saturated rings. The Morgan fingerprint density at radius 1 is 1.37 bits per heavy atom. The van der Waals surface area contributed by atoms with Crippen molar-refractivity contribution in [2.45, 2.75) is 13.0 Å². The fourth-order valence-electron chi connectivity index (χ4n) is 1.72. The highest BCUT2D eigenvalue weighted by Crippen LogP contribution is 2.25. The molecule has 1 heterocycles. The van der Waals surface area contributed by atoms with Gasteiger partial charge >= 0.3 is 0 Å². The molecule has 0 unspecified atom stereocenters. The highest BCUT2D eigenvalue weighted by atomic mass is 35.5. The van der Waals surface area contributed by atoms with Crippen LogP contribution < -0.4 is 5.73 Å². The zero-order valence-corrected chi connectivity index (χ0v) is 10.9. The number of nitriles is 2. The maximum Gasteiger partial charge on any atom is 0.177 e. The van der Waals surface area contributed by atoms with Crippen LogP contribution in [0.1, 0.15) is 29.9 Å². The Bertz CT molecular complexity index is 703. The van der Waals surface area contributed by atoms with Gasteiger partial charge in [-0.3, -0.25) is 4.57 Å². The Morgan fingerprint density at radius 3 is 2.63 bits per heavy atom. The van der Waals surface area contributed by atoms with Crippen LogP contribution in [0.4, 0.5) is 0 Å². The Balaban J connectivity index is 2.58. The minimum atomic E-state index is -0.126. The molecule has 5 nitrogen and oxygen atoms in total. The Kier molecular flexibility index (Phi) is 3.52. The quantitative estimate of drug-likeness (QED) is 0.907. The summed E-state index contributed by atoms with van der Waals surface area (Å²) in [5.74, 6) is 0. The van der Waals surface area contributed by atoms with E-state index in [1.54, 1.807) is 12.1 Å². The monoisotopic (exact) mass is 271 g/mol. The van der Waals surface area contributed by atoms with E-state index < -0.39 is 0 Å². The Morgan fingerprint density at radius 2 is 2.11 bits per heavy atom. The summed E-state index contributed by atoms with van der Waals surface area (Å²) in [5.41, 5.74) is 7.51. The van der Waals surface area contributed by atoms with E-state index in [4.69, 9.17) is 27.9 Å². The van der Waals surface area contributed by atoms with Crippen molar-refractivity contribution in [1.29, 1.82) is 10.5 Å². The smallest absolute Gasteiger partial charge is 0.177 e. The molecule has 0 spiro atoms. The van der Waals surface area contributed by atoms with Gasteiger partial charge in [0.2, 0.25) is 0 Å². The van der Waals surface area contributed by atoms with Crippen LogP contribution in [-0.4, -0.2) is 9.55 Å². The third-order valence-corrected chi connectivity index (χ3v) is 3.04. The molecule has 0 aliphatic rings. The molecule has 6 heteroatoms. The van der Waals surface area contributed by atoms with Crippen LogP contribution >= 0.6 is 11.6 Å². The molecule has 1 atom stereocenters. The van der Waals surface area contributed by atoms with Gasteiger partial charge in [-0.1, -0.05) is 17.7 Å². The lowest BCUT2D eigenvalue weighted by Crippen LogP contribution is -2.06. The van der Waals surface area contributed by atoms with Crippen molar-refractivity contribution in [3.8, 4) is 17.8 Å². The first-order chi connectivity index (χ1) is 9.08. The van der Waals surface area contributed by atoms with Gasteiger partial charge in [-0.25, -0.2) is 4.98 Å². The number of hydrogen-bond donors (Lipinski definition) is 1. The Labute approximate surface area is 115 Å². The average molecular weight is 272 g/mol. The predicted molar refractivity (Wildman–Crippen MR) is 70.6 cm³/mol. The van der Waals surface area contributed by atoms with E-state index in [1.807, 2.05) is 25.1 Å². The molecule has 0 saturated carbocycles. The van der Waals surface area contributed by atoms with E-state index in [0.717, 1.165) is 5.56 Å². The molecule has 1 aromatic carbocycles. The van der Waals surface area contributed by atoms with Crippen molar-refractivity contribution < 1.29 is 0 Å². The van der Waals surface area contributed by atoms with Gasteiger partial charge < -0.3 is 5.73 Å². The van der Waals surface area contributed by atoms with Crippen molar-refractivity contribution in [2.75, 3.05) is 0 Å². The first kappa shape index (κ1) is 13.1. The lowest BCUT2D eigenvalue weighted by Gasteiger charge is -2.10. The first-order valence-electron chi connectivity index (χ1n) is 5.51. The topological polar surface area (TPSA) is 91.4 Å². The Hall–Kier alpha value is -2.34. The van der Waals surface area contributed by atoms with E-state index in [-0.39, 0.29) is 17.4 Å². The lowest BCUT2D eigenvalue weighted by atomic mass is 10.1. The third-order valence-electron chi connectivity index (χ3n) is 2.74. The zero-order valence-electron chi connectivity index (χ0n) is 10.1. The molecule has 0 saturated heterocycles. The summed E-state index contributed by atoms with van der Waals surface area (Å²) in [6.07, 6.45) is 1.41. The summed E-state index contributed by atoms with van der Waals surface area (Å²) < 4.78 is 1.49. The fraction of sp³-hybridized carbons (Fsp3) is 0.154.